The second kappa shape index (κ2) is 9.59. The summed E-state index contributed by atoms with van der Waals surface area (Å²) in [4.78, 5) is 28.9. The van der Waals surface area contributed by atoms with Gasteiger partial charge >= 0.3 is 5.97 Å². The number of aromatic nitrogens is 4. The third kappa shape index (κ3) is 4.24. The number of carbonyl (C=O) groups is 1. The Morgan fingerprint density at radius 2 is 1.89 bits per heavy atom. The van der Waals surface area contributed by atoms with Crippen LogP contribution in [0.3, 0.4) is 0 Å². The molecule has 0 fully saturated rings. The first kappa shape index (κ1) is 22.6. The van der Waals surface area contributed by atoms with E-state index in [4.69, 9.17) is 29.0 Å². The van der Waals surface area contributed by atoms with Gasteiger partial charge < -0.3 is 23.7 Å². The molecule has 0 saturated carbocycles. The molecule has 5 rings (SSSR count). The lowest BCUT2D eigenvalue weighted by atomic mass is 9.92. The number of benzene rings is 2. The van der Waals surface area contributed by atoms with Crippen molar-refractivity contribution >= 4 is 16.9 Å². The molecule has 3 heterocycles. The highest BCUT2D eigenvalue weighted by Gasteiger charge is 2.26. The highest BCUT2D eigenvalue weighted by molar-refractivity contribution is 6.08. The summed E-state index contributed by atoms with van der Waals surface area (Å²) in [5, 5.41) is 8.48. The van der Waals surface area contributed by atoms with Crippen LogP contribution in [0.2, 0.25) is 0 Å². The van der Waals surface area contributed by atoms with E-state index in [2.05, 4.69) is 10.2 Å². The zero-order valence-electron chi connectivity index (χ0n) is 19.6. The zero-order valence-corrected chi connectivity index (χ0v) is 19.6. The van der Waals surface area contributed by atoms with Crippen molar-refractivity contribution in [3.05, 3.63) is 59.8 Å². The van der Waals surface area contributed by atoms with Crippen LogP contribution in [0.4, 0.5) is 0 Å². The molecule has 4 aromatic rings. The average Bonchev–Trinajstić information content (AvgIpc) is 3.39. The molecule has 10 heteroatoms. The SMILES string of the molecule is CCOC(=O)c1c(Cn2cnnc2)nc2cc3c(cc2c1-c1ccc(OC)c(OC)c1)OOCC3. The Bertz CT molecular complexity index is 1390. The number of pyridine rings is 1. The molecule has 0 saturated heterocycles. The molecule has 1 aliphatic rings. The molecule has 0 radical (unpaired) electrons. The maximum Gasteiger partial charge on any atom is 0.340 e. The number of carbonyl (C=O) groups excluding carboxylic acids is 1. The van der Waals surface area contributed by atoms with Gasteiger partial charge in [0.1, 0.15) is 12.7 Å². The highest BCUT2D eigenvalue weighted by Crippen LogP contribution is 2.41. The van der Waals surface area contributed by atoms with Crippen LogP contribution in [0.1, 0.15) is 28.5 Å². The molecule has 0 aliphatic carbocycles. The number of hydrogen-bond acceptors (Lipinski definition) is 9. The van der Waals surface area contributed by atoms with Gasteiger partial charge in [-0.3, -0.25) is 0 Å². The Morgan fingerprint density at radius 1 is 1.09 bits per heavy atom. The van der Waals surface area contributed by atoms with E-state index in [0.29, 0.717) is 47.1 Å². The Morgan fingerprint density at radius 3 is 2.63 bits per heavy atom. The van der Waals surface area contributed by atoms with Gasteiger partial charge in [-0.15, -0.1) is 10.2 Å². The minimum atomic E-state index is -0.482. The first-order chi connectivity index (χ1) is 17.1. The average molecular weight is 476 g/mol. The molecule has 2 aromatic heterocycles. The van der Waals surface area contributed by atoms with Crippen molar-refractivity contribution in [3.63, 3.8) is 0 Å². The van der Waals surface area contributed by atoms with E-state index in [9.17, 15) is 4.79 Å². The number of hydrogen-bond donors (Lipinski definition) is 0. The molecule has 2 aromatic carbocycles. The first-order valence-electron chi connectivity index (χ1n) is 11.1. The second-order valence-electron chi connectivity index (χ2n) is 7.87. The molecule has 0 amide bonds. The summed E-state index contributed by atoms with van der Waals surface area (Å²) < 4.78 is 18.2. The summed E-state index contributed by atoms with van der Waals surface area (Å²) in [5.74, 6) is 1.21. The summed E-state index contributed by atoms with van der Waals surface area (Å²) in [6.45, 7) is 2.72. The van der Waals surface area contributed by atoms with Gasteiger partial charge in [0, 0.05) is 22.9 Å². The molecule has 0 bridgehead atoms. The van der Waals surface area contributed by atoms with Gasteiger partial charge in [-0.2, -0.15) is 4.89 Å². The third-order valence-corrected chi connectivity index (χ3v) is 5.80. The minimum absolute atomic E-state index is 0.218. The normalized spacial score (nSPS) is 12.7. The number of methoxy groups -OCH3 is 2. The van der Waals surface area contributed by atoms with Crippen molar-refractivity contribution < 1.29 is 28.8 Å². The largest absolute Gasteiger partial charge is 0.493 e. The van der Waals surface area contributed by atoms with E-state index >= 15 is 0 Å². The van der Waals surface area contributed by atoms with Crippen LogP contribution >= 0.6 is 0 Å². The highest BCUT2D eigenvalue weighted by atomic mass is 17.2. The molecular weight excluding hydrogens is 452 g/mol. The molecule has 0 atom stereocenters. The number of ether oxygens (including phenoxy) is 3. The second-order valence-corrected chi connectivity index (χ2v) is 7.87. The van der Waals surface area contributed by atoms with E-state index in [0.717, 1.165) is 22.0 Å². The molecule has 35 heavy (non-hydrogen) atoms. The van der Waals surface area contributed by atoms with Crippen molar-refractivity contribution in [1.82, 2.24) is 19.7 Å². The molecule has 0 unspecified atom stereocenters. The number of fused-ring (bicyclic) bond motifs is 2. The number of esters is 1. The fourth-order valence-corrected chi connectivity index (χ4v) is 4.22. The minimum Gasteiger partial charge on any atom is -0.493 e. The summed E-state index contributed by atoms with van der Waals surface area (Å²) in [6.07, 6.45) is 3.85. The van der Waals surface area contributed by atoms with Crippen LogP contribution < -0.4 is 14.4 Å². The monoisotopic (exact) mass is 476 g/mol. The standard InChI is InChI=1S/C25H24N4O6/c1-4-33-25(30)24-19(12-29-13-26-27-14-29)28-18-9-15-7-8-34-35-21(15)11-17(18)23(24)16-5-6-20(31-2)22(10-16)32-3/h5-6,9-11,13-14H,4,7-8,12H2,1-3H3. The number of rotatable bonds is 7. The summed E-state index contributed by atoms with van der Waals surface area (Å²) >= 11 is 0. The van der Waals surface area contributed by atoms with E-state index in [-0.39, 0.29) is 13.2 Å². The van der Waals surface area contributed by atoms with Gasteiger partial charge in [-0.05, 0) is 36.8 Å². The third-order valence-electron chi connectivity index (χ3n) is 5.80. The van der Waals surface area contributed by atoms with Crippen molar-refractivity contribution in [1.29, 1.82) is 0 Å². The van der Waals surface area contributed by atoms with Gasteiger partial charge in [-0.1, -0.05) is 6.07 Å². The molecule has 180 valence electrons. The fraction of sp³-hybridized carbons (Fsp3) is 0.280. The molecule has 1 aliphatic heterocycles. The van der Waals surface area contributed by atoms with Crippen molar-refractivity contribution in [3.8, 4) is 28.4 Å². The fourth-order valence-electron chi connectivity index (χ4n) is 4.22. The molecule has 0 spiro atoms. The Kier molecular flexibility index (Phi) is 6.19. The van der Waals surface area contributed by atoms with E-state index in [1.165, 1.54) is 0 Å². The van der Waals surface area contributed by atoms with Gasteiger partial charge in [0.25, 0.3) is 0 Å². The van der Waals surface area contributed by atoms with Gasteiger partial charge in [0.15, 0.2) is 17.2 Å². The van der Waals surface area contributed by atoms with E-state index in [1.54, 1.807) is 44.4 Å². The summed E-state index contributed by atoms with van der Waals surface area (Å²) in [6, 6.07) is 9.33. The predicted octanol–water partition coefficient (Wildman–Crippen LogP) is 3.60. The molecule has 0 N–H and O–H groups in total. The maximum atomic E-state index is 13.4. The summed E-state index contributed by atoms with van der Waals surface area (Å²) in [5.41, 5.74) is 3.96. The van der Waals surface area contributed by atoms with Crippen LogP contribution in [0.5, 0.6) is 17.2 Å². The van der Waals surface area contributed by atoms with Crippen LogP contribution in [-0.2, 0) is 22.6 Å². The first-order valence-corrected chi connectivity index (χ1v) is 11.1. The Balaban J connectivity index is 1.84. The molecular formula is C25H24N4O6. The van der Waals surface area contributed by atoms with Crippen molar-refractivity contribution in [2.45, 2.75) is 19.9 Å². The smallest absolute Gasteiger partial charge is 0.340 e. The topological polar surface area (TPSA) is 107 Å². The van der Waals surface area contributed by atoms with Crippen molar-refractivity contribution in [2.75, 3.05) is 27.4 Å². The van der Waals surface area contributed by atoms with Crippen LogP contribution in [0.25, 0.3) is 22.0 Å². The van der Waals surface area contributed by atoms with Crippen LogP contribution in [0, 0.1) is 0 Å². The lowest BCUT2D eigenvalue weighted by molar-refractivity contribution is -0.215. The Hall–Kier alpha value is -4.18. The zero-order chi connectivity index (χ0) is 24.4. The quantitative estimate of drug-likeness (QED) is 0.292. The Labute approximate surface area is 201 Å². The number of nitrogens with zero attached hydrogens (tertiary/aromatic N) is 4. The molecule has 10 nitrogen and oxygen atoms in total. The van der Waals surface area contributed by atoms with E-state index in [1.807, 2.05) is 24.3 Å². The van der Waals surface area contributed by atoms with Crippen molar-refractivity contribution in [2.24, 2.45) is 0 Å². The van der Waals surface area contributed by atoms with Gasteiger partial charge in [0.05, 0.1) is 50.8 Å². The van der Waals surface area contributed by atoms with Gasteiger partial charge in [-0.25, -0.2) is 9.78 Å². The van der Waals surface area contributed by atoms with Crippen LogP contribution in [-0.4, -0.2) is 53.2 Å². The summed E-state index contributed by atoms with van der Waals surface area (Å²) in [7, 11) is 3.14. The predicted molar refractivity (Wildman–Crippen MR) is 126 cm³/mol. The van der Waals surface area contributed by atoms with E-state index < -0.39 is 5.97 Å². The lowest BCUT2D eigenvalue weighted by Crippen LogP contribution is -2.15. The van der Waals surface area contributed by atoms with Gasteiger partial charge in [0.2, 0.25) is 0 Å². The van der Waals surface area contributed by atoms with Crippen LogP contribution in [0.15, 0.2) is 43.0 Å². The maximum absolute atomic E-state index is 13.4. The lowest BCUT2D eigenvalue weighted by Gasteiger charge is -2.21.